The Morgan fingerprint density at radius 3 is 2.48 bits per heavy atom. The van der Waals surface area contributed by atoms with E-state index in [1.54, 1.807) is 4.80 Å². The van der Waals surface area contributed by atoms with E-state index in [4.69, 9.17) is 14.9 Å². The molecule has 1 unspecified atom stereocenters. The Labute approximate surface area is 194 Å². The Bertz CT molecular complexity index is 1270. The summed E-state index contributed by atoms with van der Waals surface area (Å²) in [5, 5.41) is 12.9. The third-order valence-corrected chi connectivity index (χ3v) is 7.11. The molecule has 0 amide bonds. The summed E-state index contributed by atoms with van der Waals surface area (Å²) in [6, 6.07) is 23.8. The molecular formula is C27H29N5O. The minimum absolute atomic E-state index is 0.0248. The first-order valence-electron chi connectivity index (χ1n) is 11.8. The standard InChI is InChI=1S/C27H29N5O/c1-18-11-12-26(24(15-18)32-29-22-9-5-6-10-23(22)30-32)33-27-21-8-4-3-7-19(21)16-25(27)31-14-13-20(17-31)28-2/h3-12,15,20,25,27-28H,13-14,16-17H2,1-2H3/t20?,25-,27-/m1/s1. The fourth-order valence-corrected chi connectivity index (χ4v) is 5.31. The van der Waals surface area contributed by atoms with Crippen molar-refractivity contribution in [1.82, 2.24) is 25.2 Å². The van der Waals surface area contributed by atoms with Crippen LogP contribution in [-0.4, -0.2) is 52.1 Å². The smallest absolute Gasteiger partial charge is 0.147 e. The number of aromatic nitrogens is 3. The molecule has 33 heavy (non-hydrogen) atoms. The molecule has 0 spiro atoms. The van der Waals surface area contributed by atoms with Gasteiger partial charge in [0.15, 0.2) is 0 Å². The van der Waals surface area contributed by atoms with E-state index in [1.807, 2.05) is 24.3 Å². The maximum absolute atomic E-state index is 6.87. The van der Waals surface area contributed by atoms with Gasteiger partial charge in [-0.1, -0.05) is 42.5 Å². The van der Waals surface area contributed by atoms with E-state index < -0.39 is 0 Å². The molecule has 1 aliphatic heterocycles. The molecule has 1 aromatic heterocycles. The number of nitrogens with zero attached hydrogens (tertiary/aromatic N) is 4. The lowest BCUT2D eigenvalue weighted by Gasteiger charge is -2.30. The molecule has 1 saturated heterocycles. The van der Waals surface area contributed by atoms with Gasteiger partial charge >= 0.3 is 0 Å². The lowest BCUT2D eigenvalue weighted by atomic mass is 10.1. The van der Waals surface area contributed by atoms with Gasteiger partial charge in [-0.2, -0.15) is 0 Å². The van der Waals surface area contributed by atoms with Crippen LogP contribution >= 0.6 is 0 Å². The van der Waals surface area contributed by atoms with Gasteiger partial charge in [0.25, 0.3) is 0 Å². The van der Waals surface area contributed by atoms with Gasteiger partial charge in [-0.25, -0.2) is 0 Å². The van der Waals surface area contributed by atoms with Crippen LogP contribution < -0.4 is 10.1 Å². The van der Waals surface area contributed by atoms with Crippen molar-refractivity contribution >= 4 is 11.0 Å². The number of hydrogen-bond acceptors (Lipinski definition) is 5. The Hall–Kier alpha value is -3.22. The predicted molar refractivity (Wildman–Crippen MR) is 130 cm³/mol. The number of aryl methyl sites for hydroxylation is 1. The molecule has 3 atom stereocenters. The second-order valence-electron chi connectivity index (χ2n) is 9.23. The van der Waals surface area contributed by atoms with Crippen LogP contribution in [0.5, 0.6) is 5.75 Å². The minimum Gasteiger partial charge on any atom is -0.482 e. The highest BCUT2D eigenvalue weighted by molar-refractivity contribution is 5.73. The first-order chi connectivity index (χ1) is 16.2. The monoisotopic (exact) mass is 439 g/mol. The van der Waals surface area contributed by atoms with E-state index in [2.05, 4.69) is 66.7 Å². The highest BCUT2D eigenvalue weighted by Gasteiger charge is 2.40. The molecule has 6 nitrogen and oxygen atoms in total. The molecule has 6 heteroatoms. The average Bonchev–Trinajstić information content (AvgIpc) is 3.57. The predicted octanol–water partition coefficient (Wildman–Crippen LogP) is 4.07. The molecule has 2 heterocycles. The van der Waals surface area contributed by atoms with Crippen molar-refractivity contribution in [3.8, 4) is 11.4 Å². The third kappa shape index (κ3) is 3.69. The molecule has 0 bridgehead atoms. The second-order valence-corrected chi connectivity index (χ2v) is 9.23. The molecular weight excluding hydrogens is 410 g/mol. The van der Waals surface area contributed by atoms with Crippen LogP contribution in [0.3, 0.4) is 0 Å². The van der Waals surface area contributed by atoms with Gasteiger partial charge in [-0.05, 0) is 67.8 Å². The molecule has 0 saturated carbocycles. The quantitative estimate of drug-likeness (QED) is 0.508. The van der Waals surface area contributed by atoms with Crippen molar-refractivity contribution in [3.63, 3.8) is 0 Å². The summed E-state index contributed by atoms with van der Waals surface area (Å²) in [5.74, 6) is 0.817. The first-order valence-corrected chi connectivity index (χ1v) is 11.8. The summed E-state index contributed by atoms with van der Waals surface area (Å²) >= 11 is 0. The van der Waals surface area contributed by atoms with Crippen LogP contribution in [-0.2, 0) is 6.42 Å². The highest BCUT2D eigenvalue weighted by Crippen LogP contribution is 2.40. The number of benzene rings is 3. The van der Waals surface area contributed by atoms with Crippen molar-refractivity contribution in [2.75, 3.05) is 20.1 Å². The average molecular weight is 440 g/mol. The van der Waals surface area contributed by atoms with Gasteiger partial charge in [0, 0.05) is 19.1 Å². The van der Waals surface area contributed by atoms with Gasteiger partial charge in [0.1, 0.15) is 28.6 Å². The summed E-state index contributed by atoms with van der Waals surface area (Å²) < 4.78 is 6.87. The van der Waals surface area contributed by atoms with E-state index >= 15 is 0 Å². The van der Waals surface area contributed by atoms with Crippen molar-refractivity contribution in [2.24, 2.45) is 0 Å². The fourth-order valence-electron chi connectivity index (χ4n) is 5.31. The van der Waals surface area contributed by atoms with E-state index in [0.717, 1.165) is 47.5 Å². The van der Waals surface area contributed by atoms with E-state index in [0.29, 0.717) is 12.1 Å². The van der Waals surface area contributed by atoms with Gasteiger partial charge in [-0.3, -0.25) is 4.90 Å². The first kappa shape index (κ1) is 20.4. The van der Waals surface area contributed by atoms with Crippen LogP contribution in [0.4, 0.5) is 0 Å². The molecule has 0 radical (unpaired) electrons. The molecule has 3 aromatic carbocycles. The van der Waals surface area contributed by atoms with Crippen LogP contribution in [0, 0.1) is 6.92 Å². The van der Waals surface area contributed by atoms with Gasteiger partial charge in [-0.15, -0.1) is 15.0 Å². The Balaban J connectivity index is 1.38. The molecule has 2 aliphatic rings. The van der Waals surface area contributed by atoms with Crippen molar-refractivity contribution in [2.45, 2.75) is 38.0 Å². The number of nitrogens with one attached hydrogen (secondary N) is 1. The summed E-state index contributed by atoms with van der Waals surface area (Å²) in [5.41, 5.74) is 6.47. The topological polar surface area (TPSA) is 55.2 Å². The number of hydrogen-bond donors (Lipinski definition) is 1. The molecule has 1 fully saturated rings. The Kier molecular flexibility index (Phi) is 5.12. The van der Waals surface area contributed by atoms with Crippen LogP contribution in [0.2, 0.25) is 0 Å². The highest BCUT2D eigenvalue weighted by atomic mass is 16.5. The zero-order valence-electron chi connectivity index (χ0n) is 19.1. The van der Waals surface area contributed by atoms with Crippen molar-refractivity contribution in [1.29, 1.82) is 0 Å². The van der Waals surface area contributed by atoms with Crippen LogP contribution in [0.15, 0.2) is 66.7 Å². The second kappa shape index (κ2) is 8.28. The molecule has 1 aliphatic carbocycles. The number of likely N-dealkylation sites (N-methyl/N-ethyl adjacent to an activating group) is 1. The number of fused-ring (bicyclic) bond motifs is 2. The van der Waals surface area contributed by atoms with E-state index in [-0.39, 0.29) is 6.10 Å². The maximum atomic E-state index is 6.87. The van der Waals surface area contributed by atoms with Gasteiger partial charge in [0.05, 0.1) is 6.04 Å². The molecule has 6 rings (SSSR count). The number of rotatable bonds is 5. The maximum Gasteiger partial charge on any atom is 0.147 e. The largest absolute Gasteiger partial charge is 0.482 e. The third-order valence-electron chi connectivity index (χ3n) is 7.11. The normalized spacial score (nSPS) is 22.7. The minimum atomic E-state index is -0.0248. The zero-order valence-corrected chi connectivity index (χ0v) is 19.1. The number of ether oxygens (including phenoxy) is 1. The van der Waals surface area contributed by atoms with Crippen molar-refractivity contribution in [3.05, 3.63) is 83.4 Å². The van der Waals surface area contributed by atoms with Crippen LogP contribution in [0.25, 0.3) is 16.7 Å². The summed E-state index contributed by atoms with van der Waals surface area (Å²) in [7, 11) is 2.06. The molecule has 1 N–H and O–H groups in total. The van der Waals surface area contributed by atoms with E-state index in [1.165, 1.54) is 17.5 Å². The van der Waals surface area contributed by atoms with Gasteiger partial charge < -0.3 is 10.1 Å². The molecule has 168 valence electrons. The number of likely N-dealkylation sites (tertiary alicyclic amines) is 1. The summed E-state index contributed by atoms with van der Waals surface area (Å²) in [6.07, 6.45) is 2.17. The zero-order chi connectivity index (χ0) is 22.4. The Morgan fingerprint density at radius 2 is 1.73 bits per heavy atom. The fraction of sp³-hybridized carbons (Fsp3) is 0.333. The Morgan fingerprint density at radius 1 is 0.970 bits per heavy atom. The van der Waals surface area contributed by atoms with Crippen molar-refractivity contribution < 1.29 is 4.74 Å². The summed E-state index contributed by atoms with van der Waals surface area (Å²) in [4.78, 5) is 4.32. The van der Waals surface area contributed by atoms with Gasteiger partial charge in [0.2, 0.25) is 0 Å². The SMILES string of the molecule is CNC1CCN([C@@H]2Cc3ccccc3[C@H]2Oc2ccc(C)cc2-n2nc3ccccc3n2)C1. The van der Waals surface area contributed by atoms with Crippen LogP contribution in [0.1, 0.15) is 29.2 Å². The lowest BCUT2D eigenvalue weighted by Crippen LogP contribution is -2.40. The lowest BCUT2D eigenvalue weighted by molar-refractivity contribution is 0.0924. The summed E-state index contributed by atoms with van der Waals surface area (Å²) in [6.45, 7) is 4.24. The molecule has 4 aromatic rings. The van der Waals surface area contributed by atoms with E-state index in [9.17, 15) is 0 Å².